The van der Waals surface area contributed by atoms with Crippen molar-refractivity contribution in [2.45, 2.75) is 6.92 Å². The van der Waals surface area contributed by atoms with Gasteiger partial charge in [-0.15, -0.1) is 0 Å². The summed E-state index contributed by atoms with van der Waals surface area (Å²) < 4.78 is 12.2. The normalized spacial score (nSPS) is 9.56. The molecule has 3 nitrogen and oxygen atoms in total. The van der Waals surface area contributed by atoms with Crippen molar-refractivity contribution < 1.29 is 9.28 Å². The van der Waals surface area contributed by atoms with Crippen LogP contribution < -0.4 is 0 Å². The predicted octanol–water partition coefficient (Wildman–Crippen LogP) is 0.818. The summed E-state index contributed by atoms with van der Waals surface area (Å²) in [5.41, 5.74) is 0. The van der Waals surface area contributed by atoms with Crippen molar-refractivity contribution in [1.82, 2.24) is 9.77 Å². The van der Waals surface area contributed by atoms with Crippen LogP contribution in [0.5, 0.6) is 0 Å². The van der Waals surface area contributed by atoms with Crippen LogP contribution in [0.15, 0.2) is 12.4 Å². The molecule has 9 heavy (non-hydrogen) atoms. The largest absolute Gasteiger partial charge is 0.291 e. The van der Waals surface area contributed by atoms with E-state index in [-0.39, 0.29) is 16.4 Å². The topological polar surface area (TPSA) is 34.9 Å². The van der Waals surface area contributed by atoms with E-state index in [0.29, 0.717) is 0 Å². The molecule has 1 heterocycles. The minimum absolute atomic E-state index is 0.157. The van der Waals surface area contributed by atoms with Crippen LogP contribution >= 0.6 is 0 Å². The molecular formula is C5H5FN2O. The summed E-state index contributed by atoms with van der Waals surface area (Å²) in [7, 11) is 0. The second kappa shape index (κ2) is 1.97. The molecule has 0 aliphatic heterocycles. The number of halogens is 1. The third kappa shape index (κ3) is 0.960. The van der Waals surface area contributed by atoms with Crippen molar-refractivity contribution in [2.24, 2.45) is 0 Å². The van der Waals surface area contributed by atoms with Gasteiger partial charge in [0, 0.05) is 13.1 Å². The number of rotatable bonds is 1. The summed E-state index contributed by atoms with van der Waals surface area (Å²) in [4.78, 5) is 14.1. The zero-order valence-corrected chi connectivity index (χ0v) is 4.84. The van der Waals surface area contributed by atoms with Crippen LogP contribution in [0, 0.1) is 0 Å². The second-order valence-corrected chi connectivity index (χ2v) is 1.62. The van der Waals surface area contributed by atoms with E-state index >= 15 is 0 Å². The number of carbonyl (C=O) groups is 1. The summed E-state index contributed by atoms with van der Waals surface area (Å²) in [5, 5.41) is 0. The molecule has 1 aromatic heterocycles. The van der Waals surface area contributed by atoms with Gasteiger partial charge < -0.3 is 0 Å². The van der Waals surface area contributed by atoms with Crippen molar-refractivity contribution in [3.05, 3.63) is 18.2 Å². The van der Waals surface area contributed by atoms with Gasteiger partial charge in [0.15, 0.2) is 5.78 Å². The third-order valence-electron chi connectivity index (χ3n) is 0.912. The van der Waals surface area contributed by atoms with Crippen LogP contribution in [0.1, 0.15) is 17.5 Å². The van der Waals surface area contributed by atoms with E-state index in [1.165, 1.54) is 13.1 Å². The molecule has 1 aromatic rings. The standard InChI is InChI=1S/C5H5FN2O/c1-4(9)5-7-2-3-8(5)6/h2-3H,1H3. The molecule has 0 unspecified atom stereocenters. The fourth-order valence-corrected chi connectivity index (χ4v) is 0.530. The highest BCUT2D eigenvalue weighted by Crippen LogP contribution is 1.96. The third-order valence-corrected chi connectivity index (χ3v) is 0.912. The monoisotopic (exact) mass is 128 g/mol. The van der Waals surface area contributed by atoms with Gasteiger partial charge in [-0.1, -0.05) is 4.48 Å². The molecule has 0 radical (unpaired) electrons. The lowest BCUT2D eigenvalue weighted by Crippen LogP contribution is -1.99. The first-order chi connectivity index (χ1) is 4.22. The van der Waals surface area contributed by atoms with Gasteiger partial charge in [0.1, 0.15) is 0 Å². The number of nitrogens with zero attached hydrogens (tertiary/aromatic N) is 2. The van der Waals surface area contributed by atoms with E-state index in [9.17, 15) is 9.28 Å². The maximum absolute atomic E-state index is 12.2. The maximum atomic E-state index is 12.2. The minimum atomic E-state index is -0.373. The van der Waals surface area contributed by atoms with Crippen LogP contribution in [-0.4, -0.2) is 15.6 Å². The van der Waals surface area contributed by atoms with Crippen LogP contribution in [0.2, 0.25) is 0 Å². The number of imidazole rings is 1. The molecular weight excluding hydrogens is 123 g/mol. The number of hydrogen-bond donors (Lipinski definition) is 0. The molecule has 0 fully saturated rings. The highest BCUT2D eigenvalue weighted by Gasteiger charge is 2.05. The lowest BCUT2D eigenvalue weighted by Gasteiger charge is -1.87. The summed E-state index contributed by atoms with van der Waals surface area (Å²) in [6.07, 6.45) is 2.31. The van der Waals surface area contributed by atoms with E-state index in [0.717, 1.165) is 6.20 Å². The SMILES string of the molecule is CC(=O)c1nccn1F. The molecule has 0 aromatic carbocycles. The maximum Gasteiger partial charge on any atom is 0.205 e. The molecule has 0 N–H and O–H groups in total. The fraction of sp³-hybridized carbons (Fsp3) is 0.200. The molecule has 0 spiro atoms. The van der Waals surface area contributed by atoms with Gasteiger partial charge >= 0.3 is 0 Å². The molecule has 48 valence electrons. The summed E-state index contributed by atoms with van der Waals surface area (Å²) in [5.74, 6) is -0.530. The summed E-state index contributed by atoms with van der Waals surface area (Å²) >= 11 is 0. The molecule has 0 aliphatic rings. The van der Waals surface area contributed by atoms with Crippen molar-refractivity contribution >= 4 is 5.78 Å². The van der Waals surface area contributed by atoms with E-state index in [1.54, 1.807) is 0 Å². The first kappa shape index (κ1) is 5.94. The van der Waals surface area contributed by atoms with Gasteiger partial charge in [0.05, 0.1) is 6.20 Å². The Labute approximate surface area is 51.1 Å². The van der Waals surface area contributed by atoms with Gasteiger partial charge in [-0.05, 0) is 0 Å². The fourth-order valence-electron chi connectivity index (χ4n) is 0.530. The minimum Gasteiger partial charge on any atom is -0.291 e. The van der Waals surface area contributed by atoms with E-state index in [4.69, 9.17) is 0 Å². The second-order valence-electron chi connectivity index (χ2n) is 1.62. The van der Waals surface area contributed by atoms with Gasteiger partial charge in [-0.25, -0.2) is 4.98 Å². The smallest absolute Gasteiger partial charge is 0.205 e. The van der Waals surface area contributed by atoms with E-state index in [2.05, 4.69) is 4.98 Å². The molecule has 0 atom stereocenters. The Morgan fingerprint density at radius 1 is 1.89 bits per heavy atom. The van der Waals surface area contributed by atoms with Gasteiger partial charge in [0.2, 0.25) is 5.82 Å². The van der Waals surface area contributed by atoms with Crippen LogP contribution in [0.3, 0.4) is 0 Å². The predicted molar refractivity (Wildman–Crippen MR) is 28.7 cm³/mol. The molecule has 0 bridgehead atoms. The Kier molecular flexibility index (Phi) is 1.30. The van der Waals surface area contributed by atoms with Gasteiger partial charge in [0.25, 0.3) is 0 Å². The van der Waals surface area contributed by atoms with E-state index in [1.807, 2.05) is 0 Å². The Morgan fingerprint density at radius 2 is 2.56 bits per heavy atom. The zero-order chi connectivity index (χ0) is 6.85. The number of aromatic nitrogens is 2. The first-order valence-electron chi connectivity index (χ1n) is 2.42. The average molecular weight is 128 g/mol. The molecule has 0 amide bonds. The average Bonchev–Trinajstić information content (AvgIpc) is 2.13. The van der Waals surface area contributed by atoms with Crippen molar-refractivity contribution in [3.8, 4) is 0 Å². The van der Waals surface area contributed by atoms with Gasteiger partial charge in [-0.2, -0.15) is 4.79 Å². The Hall–Kier alpha value is -1.19. The molecule has 4 heteroatoms. The Bertz CT molecular complexity index is 231. The summed E-state index contributed by atoms with van der Waals surface area (Å²) in [6.45, 7) is 1.26. The lowest BCUT2D eigenvalue weighted by atomic mass is 10.4. The Balaban J connectivity index is 3.08. The number of hydrogen-bond acceptors (Lipinski definition) is 2. The molecule has 0 saturated heterocycles. The quantitative estimate of drug-likeness (QED) is 0.525. The number of Topliss-reactive ketones (excluding diaryl/α,β-unsaturated/α-hetero) is 1. The highest BCUT2D eigenvalue weighted by atomic mass is 19.2. The van der Waals surface area contributed by atoms with Crippen molar-refractivity contribution in [2.75, 3.05) is 0 Å². The van der Waals surface area contributed by atoms with Crippen LogP contribution in [-0.2, 0) is 0 Å². The van der Waals surface area contributed by atoms with Crippen LogP contribution in [0.4, 0.5) is 4.48 Å². The van der Waals surface area contributed by atoms with Crippen molar-refractivity contribution in [1.29, 1.82) is 0 Å². The molecule has 1 rings (SSSR count). The first-order valence-corrected chi connectivity index (χ1v) is 2.42. The molecule has 0 saturated carbocycles. The lowest BCUT2D eigenvalue weighted by molar-refractivity contribution is 0.0989. The zero-order valence-electron chi connectivity index (χ0n) is 4.84. The van der Waals surface area contributed by atoms with E-state index < -0.39 is 0 Å². The number of ketones is 1. The van der Waals surface area contributed by atoms with Gasteiger partial charge in [-0.3, -0.25) is 4.79 Å². The van der Waals surface area contributed by atoms with Crippen molar-refractivity contribution in [3.63, 3.8) is 0 Å². The number of carbonyl (C=O) groups excluding carboxylic acids is 1. The molecule has 0 aliphatic carbocycles. The van der Waals surface area contributed by atoms with Crippen LogP contribution in [0.25, 0.3) is 0 Å². The highest BCUT2D eigenvalue weighted by molar-refractivity contribution is 5.90. The summed E-state index contributed by atoms with van der Waals surface area (Å²) in [6, 6.07) is 0. The Morgan fingerprint density at radius 3 is 2.78 bits per heavy atom.